The number of hydrogen-bond donors (Lipinski definition) is 2. The lowest BCUT2D eigenvalue weighted by Crippen LogP contribution is -2.57. The second-order valence-electron chi connectivity index (χ2n) is 9.19. The molecule has 4 heteroatoms. The Morgan fingerprint density at radius 1 is 1.16 bits per heavy atom. The second-order valence-corrected chi connectivity index (χ2v) is 9.19. The standard InChI is InChI=1S/C21H28N2O.ClH/c1-20(19-22-5-6-23-19)4-2-3-14(12-20)13-21(24)17-8-15-7-16(10-17)11-18(21)9-15;/h2-6,15-18,24H,7-13H2,1H3,(H,22,23);1H. The lowest BCUT2D eigenvalue weighted by molar-refractivity contribution is -0.172. The van der Waals surface area contributed by atoms with E-state index < -0.39 is 5.60 Å². The molecule has 5 aliphatic rings. The van der Waals surface area contributed by atoms with E-state index in [0.29, 0.717) is 11.8 Å². The van der Waals surface area contributed by atoms with Crippen LogP contribution in [0.15, 0.2) is 36.2 Å². The van der Waals surface area contributed by atoms with E-state index in [9.17, 15) is 5.11 Å². The van der Waals surface area contributed by atoms with Crippen molar-refractivity contribution in [1.82, 2.24) is 9.97 Å². The van der Waals surface area contributed by atoms with Crippen LogP contribution >= 0.6 is 12.4 Å². The van der Waals surface area contributed by atoms with Crippen molar-refractivity contribution in [3.05, 3.63) is 42.0 Å². The number of allylic oxidation sites excluding steroid dienone is 3. The van der Waals surface area contributed by atoms with Gasteiger partial charge in [-0.05, 0) is 75.5 Å². The van der Waals surface area contributed by atoms with E-state index >= 15 is 0 Å². The molecule has 1 aromatic rings. The number of imidazole rings is 1. The van der Waals surface area contributed by atoms with Gasteiger partial charge in [0.05, 0.1) is 5.60 Å². The van der Waals surface area contributed by atoms with Gasteiger partial charge >= 0.3 is 0 Å². The SMILES string of the molecule is CC1(c2ncc[nH]2)C=CC=C(CC2(O)C3CC4CC(C3)CC2C4)C1.Cl. The molecule has 0 spiro atoms. The molecule has 1 atom stereocenters. The Balaban J connectivity index is 0.00000157. The molecular formula is C21H29ClN2O. The number of nitrogens with one attached hydrogen (secondary N) is 1. The van der Waals surface area contributed by atoms with Gasteiger partial charge in [0.1, 0.15) is 5.82 Å². The van der Waals surface area contributed by atoms with Gasteiger partial charge in [-0.3, -0.25) is 0 Å². The zero-order chi connectivity index (χ0) is 16.4. The Morgan fingerprint density at radius 2 is 1.84 bits per heavy atom. The smallest absolute Gasteiger partial charge is 0.116 e. The lowest BCUT2D eigenvalue weighted by atomic mass is 9.48. The zero-order valence-corrected chi connectivity index (χ0v) is 15.8. The maximum atomic E-state index is 11.7. The van der Waals surface area contributed by atoms with Gasteiger partial charge in [-0.2, -0.15) is 0 Å². The van der Waals surface area contributed by atoms with Crippen LogP contribution < -0.4 is 0 Å². The number of halogens is 1. The predicted octanol–water partition coefficient (Wildman–Crippen LogP) is 4.55. The van der Waals surface area contributed by atoms with Gasteiger partial charge in [0.15, 0.2) is 0 Å². The number of hydrogen-bond acceptors (Lipinski definition) is 2. The first-order valence-corrected chi connectivity index (χ1v) is 9.65. The minimum absolute atomic E-state index is 0. The van der Waals surface area contributed by atoms with Crippen molar-refractivity contribution >= 4 is 12.4 Å². The molecule has 0 aromatic carbocycles. The number of rotatable bonds is 3. The summed E-state index contributed by atoms with van der Waals surface area (Å²) < 4.78 is 0. The van der Waals surface area contributed by atoms with Crippen LogP contribution in [0, 0.1) is 23.7 Å². The van der Waals surface area contributed by atoms with E-state index in [1.54, 1.807) is 0 Å². The van der Waals surface area contributed by atoms with Crippen LogP contribution in [0.1, 0.15) is 57.7 Å². The van der Waals surface area contributed by atoms with Crippen LogP contribution in [0.3, 0.4) is 0 Å². The predicted molar refractivity (Wildman–Crippen MR) is 102 cm³/mol. The molecule has 2 N–H and O–H groups in total. The molecule has 3 nitrogen and oxygen atoms in total. The summed E-state index contributed by atoms with van der Waals surface area (Å²) in [5.41, 5.74) is 0.871. The third-order valence-electron chi connectivity index (χ3n) is 7.49. The molecule has 4 bridgehead atoms. The second kappa shape index (κ2) is 5.99. The van der Waals surface area contributed by atoms with Crippen LogP contribution in [0.4, 0.5) is 0 Å². The summed E-state index contributed by atoms with van der Waals surface area (Å²) in [4.78, 5) is 7.77. The molecule has 1 unspecified atom stereocenters. The molecule has 0 saturated heterocycles. The molecule has 6 rings (SSSR count). The van der Waals surface area contributed by atoms with Gasteiger partial charge < -0.3 is 10.1 Å². The van der Waals surface area contributed by atoms with Crippen LogP contribution in [-0.4, -0.2) is 20.7 Å². The number of aromatic amines is 1. The molecule has 25 heavy (non-hydrogen) atoms. The van der Waals surface area contributed by atoms with Crippen molar-refractivity contribution in [3.63, 3.8) is 0 Å². The molecule has 1 heterocycles. The van der Waals surface area contributed by atoms with Crippen LogP contribution in [0.25, 0.3) is 0 Å². The maximum Gasteiger partial charge on any atom is 0.116 e. The van der Waals surface area contributed by atoms with Crippen molar-refractivity contribution in [1.29, 1.82) is 0 Å². The first-order chi connectivity index (χ1) is 11.6. The Hall–Kier alpha value is -1.06. The zero-order valence-electron chi connectivity index (χ0n) is 14.9. The fourth-order valence-electron chi connectivity index (χ4n) is 6.50. The average molecular weight is 361 g/mol. The van der Waals surface area contributed by atoms with Gasteiger partial charge in [-0.25, -0.2) is 4.98 Å². The quantitative estimate of drug-likeness (QED) is 0.830. The van der Waals surface area contributed by atoms with E-state index in [1.807, 2.05) is 12.4 Å². The Morgan fingerprint density at radius 3 is 2.44 bits per heavy atom. The van der Waals surface area contributed by atoms with Crippen molar-refractivity contribution in [2.24, 2.45) is 23.7 Å². The third-order valence-corrected chi connectivity index (χ3v) is 7.49. The normalized spacial score (nSPS) is 44.5. The number of aliphatic hydroxyl groups is 1. The fraction of sp³-hybridized carbons (Fsp3) is 0.667. The first kappa shape index (κ1) is 17.4. The minimum Gasteiger partial charge on any atom is -0.389 e. The summed E-state index contributed by atoms with van der Waals surface area (Å²) >= 11 is 0. The molecule has 136 valence electrons. The van der Waals surface area contributed by atoms with Crippen molar-refractivity contribution in [3.8, 4) is 0 Å². The summed E-state index contributed by atoms with van der Waals surface area (Å²) in [6.07, 6.45) is 18.7. The minimum atomic E-state index is -0.450. The lowest BCUT2D eigenvalue weighted by Gasteiger charge is -2.59. The average Bonchev–Trinajstić information content (AvgIpc) is 3.07. The molecule has 1 aromatic heterocycles. The number of nitrogens with zero attached hydrogens (tertiary/aromatic N) is 1. The molecule has 0 aliphatic heterocycles. The monoisotopic (exact) mass is 360 g/mol. The van der Waals surface area contributed by atoms with Crippen LogP contribution in [-0.2, 0) is 5.41 Å². The summed E-state index contributed by atoms with van der Waals surface area (Å²) in [6.45, 7) is 2.25. The highest BCUT2D eigenvalue weighted by Crippen LogP contribution is 2.60. The molecule has 0 amide bonds. The molecule has 4 fully saturated rings. The summed E-state index contributed by atoms with van der Waals surface area (Å²) in [5, 5.41) is 11.7. The van der Waals surface area contributed by atoms with Gasteiger partial charge in [0, 0.05) is 17.8 Å². The van der Waals surface area contributed by atoms with Gasteiger partial charge in [0.25, 0.3) is 0 Å². The molecule has 0 radical (unpaired) electrons. The highest BCUT2D eigenvalue weighted by molar-refractivity contribution is 5.85. The van der Waals surface area contributed by atoms with E-state index in [0.717, 1.165) is 30.5 Å². The third kappa shape index (κ3) is 2.71. The van der Waals surface area contributed by atoms with E-state index in [-0.39, 0.29) is 17.8 Å². The van der Waals surface area contributed by atoms with Crippen LogP contribution in [0.5, 0.6) is 0 Å². The summed E-state index contributed by atoms with van der Waals surface area (Å²) in [5.74, 6) is 3.91. The summed E-state index contributed by atoms with van der Waals surface area (Å²) in [7, 11) is 0. The van der Waals surface area contributed by atoms with E-state index in [1.165, 1.54) is 37.7 Å². The Bertz CT molecular complexity index is 665. The van der Waals surface area contributed by atoms with Crippen LogP contribution in [0.2, 0.25) is 0 Å². The summed E-state index contributed by atoms with van der Waals surface area (Å²) in [6, 6.07) is 0. The van der Waals surface area contributed by atoms with E-state index in [2.05, 4.69) is 35.1 Å². The van der Waals surface area contributed by atoms with Crippen molar-refractivity contribution in [2.75, 3.05) is 0 Å². The van der Waals surface area contributed by atoms with Gasteiger partial charge in [-0.15, -0.1) is 12.4 Å². The Kier molecular flexibility index (Phi) is 4.16. The molecule has 4 saturated carbocycles. The Labute approximate surface area is 156 Å². The van der Waals surface area contributed by atoms with Crippen molar-refractivity contribution < 1.29 is 5.11 Å². The van der Waals surface area contributed by atoms with Gasteiger partial charge in [0.2, 0.25) is 0 Å². The molecule has 5 aliphatic carbocycles. The van der Waals surface area contributed by atoms with Crippen molar-refractivity contribution in [2.45, 2.75) is 62.9 Å². The number of H-pyrrole nitrogens is 1. The van der Waals surface area contributed by atoms with E-state index in [4.69, 9.17) is 0 Å². The fourth-order valence-corrected chi connectivity index (χ4v) is 6.50. The first-order valence-electron chi connectivity index (χ1n) is 9.65. The van der Waals surface area contributed by atoms with Gasteiger partial charge in [-0.1, -0.05) is 23.8 Å². The number of aromatic nitrogens is 2. The topological polar surface area (TPSA) is 48.9 Å². The maximum absolute atomic E-state index is 11.7. The highest BCUT2D eigenvalue weighted by atomic mass is 35.5. The largest absolute Gasteiger partial charge is 0.389 e. The molecular weight excluding hydrogens is 332 g/mol. The highest BCUT2D eigenvalue weighted by Gasteiger charge is 2.56.